The van der Waals surface area contributed by atoms with Crippen molar-refractivity contribution >= 4 is 0 Å². The zero-order valence-electron chi connectivity index (χ0n) is 9.29. The second-order valence-corrected chi connectivity index (χ2v) is 5.78. The highest BCUT2D eigenvalue weighted by Crippen LogP contribution is 2.55. The molecular weight excluding hydrogens is 176 g/mol. The molecule has 3 fully saturated rings. The van der Waals surface area contributed by atoms with E-state index in [-0.39, 0.29) is 17.1 Å². The quantitative estimate of drug-likeness (QED) is 0.713. The molecule has 0 aromatic rings. The SMILES string of the molecule is CC(C)[C@@H](O)C12CCC(O)(CC1)CC2. The van der Waals surface area contributed by atoms with E-state index in [0.29, 0.717) is 5.92 Å². The van der Waals surface area contributed by atoms with Crippen LogP contribution in [0.4, 0.5) is 0 Å². The summed E-state index contributed by atoms with van der Waals surface area (Å²) in [4.78, 5) is 0. The number of aliphatic hydroxyl groups excluding tert-OH is 1. The third-order valence-corrected chi connectivity index (χ3v) is 4.52. The van der Waals surface area contributed by atoms with Crippen LogP contribution in [0.5, 0.6) is 0 Å². The number of aliphatic hydroxyl groups is 2. The predicted octanol–water partition coefficient (Wildman–Crippen LogP) is 2.09. The Labute approximate surface area is 86.3 Å². The number of rotatable bonds is 2. The molecule has 0 aromatic carbocycles. The van der Waals surface area contributed by atoms with Gasteiger partial charge in [0, 0.05) is 0 Å². The Hall–Kier alpha value is -0.0800. The molecule has 14 heavy (non-hydrogen) atoms. The second kappa shape index (κ2) is 3.21. The molecule has 3 saturated carbocycles. The van der Waals surface area contributed by atoms with Crippen LogP contribution >= 0.6 is 0 Å². The minimum Gasteiger partial charge on any atom is -0.392 e. The lowest BCUT2D eigenvalue weighted by molar-refractivity contribution is -0.142. The fourth-order valence-corrected chi connectivity index (χ4v) is 3.35. The van der Waals surface area contributed by atoms with Crippen LogP contribution in [-0.4, -0.2) is 21.9 Å². The number of fused-ring (bicyclic) bond motifs is 3. The van der Waals surface area contributed by atoms with Gasteiger partial charge >= 0.3 is 0 Å². The van der Waals surface area contributed by atoms with Gasteiger partial charge in [-0.2, -0.15) is 0 Å². The van der Waals surface area contributed by atoms with E-state index in [0.717, 1.165) is 38.5 Å². The first-order chi connectivity index (χ1) is 6.48. The van der Waals surface area contributed by atoms with E-state index >= 15 is 0 Å². The highest BCUT2D eigenvalue weighted by molar-refractivity contribution is 5.03. The van der Waals surface area contributed by atoms with Crippen LogP contribution in [0.2, 0.25) is 0 Å². The fraction of sp³-hybridized carbons (Fsp3) is 1.00. The first-order valence-corrected chi connectivity index (χ1v) is 5.88. The van der Waals surface area contributed by atoms with E-state index < -0.39 is 0 Å². The highest BCUT2D eigenvalue weighted by Gasteiger charge is 2.51. The highest BCUT2D eigenvalue weighted by atomic mass is 16.3. The van der Waals surface area contributed by atoms with Gasteiger partial charge in [0.2, 0.25) is 0 Å². The monoisotopic (exact) mass is 198 g/mol. The van der Waals surface area contributed by atoms with E-state index in [1.165, 1.54) is 0 Å². The van der Waals surface area contributed by atoms with Crippen molar-refractivity contribution in [1.29, 1.82) is 0 Å². The van der Waals surface area contributed by atoms with Crippen LogP contribution in [0.25, 0.3) is 0 Å². The molecule has 0 unspecified atom stereocenters. The van der Waals surface area contributed by atoms with E-state index in [2.05, 4.69) is 13.8 Å². The Morgan fingerprint density at radius 3 is 1.71 bits per heavy atom. The summed E-state index contributed by atoms with van der Waals surface area (Å²) in [6.45, 7) is 4.18. The van der Waals surface area contributed by atoms with Crippen LogP contribution in [-0.2, 0) is 0 Å². The molecule has 1 atom stereocenters. The molecule has 2 heteroatoms. The summed E-state index contributed by atoms with van der Waals surface area (Å²) in [6.07, 6.45) is 5.58. The number of hydrogen-bond donors (Lipinski definition) is 2. The van der Waals surface area contributed by atoms with E-state index in [1.807, 2.05) is 0 Å². The van der Waals surface area contributed by atoms with Gasteiger partial charge in [0.1, 0.15) is 0 Å². The van der Waals surface area contributed by atoms with Gasteiger partial charge in [0.05, 0.1) is 11.7 Å². The first-order valence-electron chi connectivity index (χ1n) is 5.88. The third-order valence-electron chi connectivity index (χ3n) is 4.52. The van der Waals surface area contributed by atoms with Crippen LogP contribution in [0.3, 0.4) is 0 Å². The van der Waals surface area contributed by atoms with E-state index in [1.54, 1.807) is 0 Å². The molecule has 2 bridgehead atoms. The summed E-state index contributed by atoms with van der Waals surface area (Å²) < 4.78 is 0. The largest absolute Gasteiger partial charge is 0.392 e. The van der Waals surface area contributed by atoms with Gasteiger partial charge in [-0.05, 0) is 49.9 Å². The summed E-state index contributed by atoms with van der Waals surface area (Å²) in [5.74, 6) is 0.347. The zero-order valence-corrected chi connectivity index (χ0v) is 9.29. The van der Waals surface area contributed by atoms with Crippen molar-refractivity contribution < 1.29 is 10.2 Å². The molecule has 2 nitrogen and oxygen atoms in total. The van der Waals surface area contributed by atoms with Gasteiger partial charge in [0.25, 0.3) is 0 Å². The summed E-state index contributed by atoms with van der Waals surface area (Å²) in [7, 11) is 0. The molecule has 3 aliphatic carbocycles. The van der Waals surface area contributed by atoms with Gasteiger partial charge in [0.15, 0.2) is 0 Å². The fourth-order valence-electron chi connectivity index (χ4n) is 3.35. The van der Waals surface area contributed by atoms with Crippen LogP contribution in [0.15, 0.2) is 0 Å². The van der Waals surface area contributed by atoms with Crippen molar-refractivity contribution in [1.82, 2.24) is 0 Å². The van der Waals surface area contributed by atoms with Gasteiger partial charge < -0.3 is 10.2 Å². The van der Waals surface area contributed by atoms with E-state index in [9.17, 15) is 10.2 Å². The molecule has 0 amide bonds. The van der Waals surface area contributed by atoms with E-state index in [4.69, 9.17) is 0 Å². The molecular formula is C12H22O2. The maximum absolute atomic E-state index is 10.2. The molecule has 0 aromatic heterocycles. The van der Waals surface area contributed by atoms with Crippen LogP contribution in [0, 0.1) is 11.3 Å². The molecule has 3 aliphatic rings. The van der Waals surface area contributed by atoms with Crippen molar-refractivity contribution in [3.8, 4) is 0 Å². The molecule has 0 saturated heterocycles. The molecule has 0 aliphatic heterocycles. The Morgan fingerprint density at radius 2 is 1.36 bits per heavy atom. The van der Waals surface area contributed by atoms with Gasteiger partial charge in [-0.25, -0.2) is 0 Å². The summed E-state index contributed by atoms with van der Waals surface area (Å²) in [5.41, 5.74) is -0.239. The molecule has 2 N–H and O–H groups in total. The Morgan fingerprint density at radius 1 is 0.929 bits per heavy atom. The molecule has 0 spiro atoms. The van der Waals surface area contributed by atoms with Crippen molar-refractivity contribution in [3.63, 3.8) is 0 Å². The minimum atomic E-state index is -0.377. The lowest BCUT2D eigenvalue weighted by atomic mass is 9.55. The van der Waals surface area contributed by atoms with Crippen molar-refractivity contribution in [3.05, 3.63) is 0 Å². The maximum Gasteiger partial charge on any atom is 0.0648 e. The average molecular weight is 198 g/mol. The molecule has 82 valence electrons. The summed E-state index contributed by atoms with van der Waals surface area (Å²) in [6, 6.07) is 0. The number of hydrogen-bond acceptors (Lipinski definition) is 2. The molecule has 0 heterocycles. The summed E-state index contributed by atoms with van der Waals surface area (Å²) >= 11 is 0. The van der Waals surface area contributed by atoms with Gasteiger partial charge in [-0.3, -0.25) is 0 Å². The van der Waals surface area contributed by atoms with Crippen molar-refractivity contribution in [2.45, 2.75) is 64.1 Å². The lowest BCUT2D eigenvalue weighted by Crippen LogP contribution is -2.52. The van der Waals surface area contributed by atoms with Crippen molar-refractivity contribution in [2.24, 2.45) is 11.3 Å². The zero-order chi connectivity index (χ0) is 10.4. The third kappa shape index (κ3) is 1.49. The Kier molecular flexibility index (Phi) is 2.39. The molecule has 0 radical (unpaired) electrons. The lowest BCUT2D eigenvalue weighted by Gasteiger charge is -2.53. The van der Waals surface area contributed by atoms with Gasteiger partial charge in [-0.1, -0.05) is 13.8 Å². The Bertz CT molecular complexity index is 198. The van der Waals surface area contributed by atoms with Crippen LogP contribution < -0.4 is 0 Å². The van der Waals surface area contributed by atoms with Crippen LogP contribution in [0.1, 0.15) is 52.4 Å². The minimum absolute atomic E-state index is 0.138. The predicted molar refractivity (Wildman–Crippen MR) is 55.9 cm³/mol. The summed E-state index contributed by atoms with van der Waals surface area (Å²) in [5, 5.41) is 20.3. The average Bonchev–Trinajstić information content (AvgIpc) is 2.18. The second-order valence-electron chi connectivity index (χ2n) is 5.78. The smallest absolute Gasteiger partial charge is 0.0648 e. The topological polar surface area (TPSA) is 40.5 Å². The maximum atomic E-state index is 10.2. The standard InChI is InChI=1S/C12H22O2/c1-9(2)10(13)11-3-6-12(14,7-4-11)8-5-11/h9-10,13-14H,3-8H2,1-2H3/t10-,11?,12?/m1/s1. The Balaban J connectivity index is 2.12. The molecule has 3 rings (SSSR count). The van der Waals surface area contributed by atoms with Gasteiger partial charge in [-0.15, -0.1) is 0 Å². The van der Waals surface area contributed by atoms with Crippen molar-refractivity contribution in [2.75, 3.05) is 0 Å². The normalized spacial score (nSPS) is 44.4. The first kappa shape index (κ1) is 10.4.